The van der Waals surface area contributed by atoms with Crippen molar-refractivity contribution in [1.29, 1.82) is 0 Å². The Morgan fingerprint density at radius 2 is 1.90 bits per heavy atom. The van der Waals surface area contributed by atoms with E-state index < -0.39 is 0 Å². The van der Waals surface area contributed by atoms with Crippen molar-refractivity contribution in [2.24, 2.45) is 5.92 Å². The fraction of sp³-hybridized carbons (Fsp3) is 0.882. The lowest BCUT2D eigenvalue weighted by Crippen LogP contribution is -2.42. The zero-order valence-electron chi connectivity index (χ0n) is 13.6. The van der Waals surface area contributed by atoms with Crippen LogP contribution in [0.4, 0.5) is 0 Å². The van der Waals surface area contributed by atoms with E-state index in [2.05, 4.69) is 5.32 Å². The lowest BCUT2D eigenvalue weighted by molar-refractivity contribution is -0.125. The van der Waals surface area contributed by atoms with Crippen molar-refractivity contribution in [1.82, 2.24) is 5.32 Å². The lowest BCUT2D eigenvalue weighted by atomic mass is 9.77. The number of nitrogens with one attached hydrogen (secondary N) is 1. The van der Waals surface area contributed by atoms with E-state index in [-0.39, 0.29) is 0 Å². The van der Waals surface area contributed by atoms with Gasteiger partial charge in [0.25, 0.3) is 0 Å². The van der Waals surface area contributed by atoms with Gasteiger partial charge in [-0.2, -0.15) is 0 Å². The van der Waals surface area contributed by atoms with Crippen molar-refractivity contribution in [3.63, 3.8) is 0 Å². The van der Waals surface area contributed by atoms with Gasteiger partial charge in [0.2, 0.25) is 0 Å². The van der Waals surface area contributed by atoms with Gasteiger partial charge in [0.15, 0.2) is 0 Å². The van der Waals surface area contributed by atoms with Gasteiger partial charge in [0, 0.05) is 24.8 Å². The van der Waals surface area contributed by atoms with Crippen LogP contribution in [0.3, 0.4) is 0 Å². The molecule has 0 aliphatic heterocycles. The lowest BCUT2D eigenvalue weighted by Gasteiger charge is -2.33. The summed E-state index contributed by atoms with van der Waals surface area (Å²) in [6.45, 7) is 2.56. The number of ether oxygens (including phenoxy) is 1. The number of hydrogen-bond donors (Lipinski definition) is 1. The highest BCUT2D eigenvalue weighted by Gasteiger charge is 2.31. The van der Waals surface area contributed by atoms with Gasteiger partial charge in [-0.15, -0.1) is 0 Å². The molecular weight excluding hydrogens is 266 g/mol. The van der Waals surface area contributed by atoms with Crippen LogP contribution in [0.15, 0.2) is 0 Å². The highest BCUT2D eigenvalue weighted by molar-refractivity contribution is 5.81. The number of aldehydes is 1. The summed E-state index contributed by atoms with van der Waals surface area (Å²) in [7, 11) is 1.96. The zero-order chi connectivity index (χ0) is 15.5. The molecule has 4 nitrogen and oxygen atoms in total. The van der Waals surface area contributed by atoms with Crippen molar-refractivity contribution in [2.45, 2.75) is 76.9 Å². The fourth-order valence-corrected chi connectivity index (χ4v) is 2.92. The van der Waals surface area contributed by atoms with Crippen LogP contribution in [0, 0.1) is 5.92 Å². The van der Waals surface area contributed by atoms with Crippen molar-refractivity contribution < 1.29 is 14.3 Å². The summed E-state index contributed by atoms with van der Waals surface area (Å²) in [6, 6.07) is 0.612. The number of ketones is 1. The molecule has 4 heteroatoms. The number of hydrogen-bond acceptors (Lipinski definition) is 4. The molecule has 0 amide bonds. The van der Waals surface area contributed by atoms with Gasteiger partial charge in [0.05, 0.1) is 12.7 Å². The maximum absolute atomic E-state index is 11.0. The van der Waals surface area contributed by atoms with Gasteiger partial charge in [-0.3, -0.25) is 4.79 Å². The van der Waals surface area contributed by atoms with Gasteiger partial charge < -0.3 is 14.8 Å². The standard InChI is InChI=1S/C9H16O2.C8H15NO/c10-7-4-8-11-9-5-2-1-3-6-9;1-3-8(10)6-4-7(5-6)9-2/h7,9H,1-6,8H2;6-7,9H,3-5H2,1-2H3. The molecule has 2 aliphatic carbocycles. The predicted molar refractivity (Wildman–Crippen MR) is 84.4 cm³/mol. The smallest absolute Gasteiger partial charge is 0.135 e. The second-order valence-electron chi connectivity index (χ2n) is 6.06. The molecular formula is C17H31NO3. The van der Waals surface area contributed by atoms with Gasteiger partial charge in [-0.25, -0.2) is 0 Å². The van der Waals surface area contributed by atoms with Crippen molar-refractivity contribution in [3.05, 3.63) is 0 Å². The molecule has 0 atom stereocenters. The minimum Gasteiger partial charge on any atom is -0.378 e. The summed E-state index contributed by atoms with van der Waals surface area (Å²) in [5.74, 6) is 0.814. The quantitative estimate of drug-likeness (QED) is 0.580. The van der Waals surface area contributed by atoms with E-state index >= 15 is 0 Å². The first-order valence-corrected chi connectivity index (χ1v) is 8.46. The normalized spacial score (nSPS) is 25.4. The van der Waals surface area contributed by atoms with Crippen molar-refractivity contribution in [3.8, 4) is 0 Å². The van der Waals surface area contributed by atoms with Crippen molar-refractivity contribution in [2.75, 3.05) is 13.7 Å². The van der Waals surface area contributed by atoms with Crippen LogP contribution < -0.4 is 5.32 Å². The number of rotatable bonds is 7. The van der Waals surface area contributed by atoms with Gasteiger partial charge in [0.1, 0.15) is 12.1 Å². The number of carbonyl (C=O) groups excluding carboxylic acids is 2. The van der Waals surface area contributed by atoms with E-state index in [1.165, 1.54) is 32.1 Å². The summed E-state index contributed by atoms with van der Waals surface area (Å²) in [5, 5.41) is 3.16. The maximum atomic E-state index is 11.0. The van der Waals surface area contributed by atoms with Crippen molar-refractivity contribution >= 4 is 12.1 Å². The molecule has 0 aromatic heterocycles. The Labute approximate surface area is 129 Å². The van der Waals surface area contributed by atoms with Gasteiger partial charge in [-0.1, -0.05) is 26.2 Å². The van der Waals surface area contributed by atoms with E-state index in [9.17, 15) is 9.59 Å². The molecule has 2 rings (SSSR count). The van der Waals surface area contributed by atoms with E-state index in [4.69, 9.17) is 4.74 Å². The molecule has 2 fully saturated rings. The summed E-state index contributed by atoms with van der Waals surface area (Å²) in [6.07, 6.45) is 11.1. The SMILES string of the molecule is CCC(=O)C1CC(NC)C1.O=CCCOC1CCCCC1. The molecule has 21 heavy (non-hydrogen) atoms. The fourth-order valence-electron chi connectivity index (χ4n) is 2.92. The third-order valence-electron chi connectivity index (χ3n) is 4.49. The molecule has 2 saturated carbocycles. The Morgan fingerprint density at radius 1 is 1.24 bits per heavy atom. The number of carbonyl (C=O) groups is 2. The van der Waals surface area contributed by atoms with Gasteiger partial charge >= 0.3 is 0 Å². The summed E-state index contributed by atoms with van der Waals surface area (Å²) >= 11 is 0. The zero-order valence-corrected chi connectivity index (χ0v) is 13.6. The number of Topliss-reactive ketones (excluding diaryl/α,β-unsaturated/α-hetero) is 1. The Hall–Kier alpha value is -0.740. The first-order valence-electron chi connectivity index (χ1n) is 8.46. The molecule has 0 bridgehead atoms. The first kappa shape index (κ1) is 18.3. The van der Waals surface area contributed by atoms with Crippen LogP contribution in [0.25, 0.3) is 0 Å². The Balaban J connectivity index is 0.000000211. The largest absolute Gasteiger partial charge is 0.378 e. The monoisotopic (exact) mass is 297 g/mol. The third-order valence-corrected chi connectivity index (χ3v) is 4.49. The minimum absolute atomic E-state index is 0.377. The molecule has 0 aromatic rings. The topological polar surface area (TPSA) is 55.4 Å². The van der Waals surface area contributed by atoms with Gasteiger partial charge in [-0.05, 0) is 32.7 Å². The summed E-state index contributed by atoms with van der Waals surface area (Å²) in [4.78, 5) is 21.0. The van der Waals surface area contributed by atoms with Crippen LogP contribution >= 0.6 is 0 Å². The van der Waals surface area contributed by atoms with Crippen LogP contribution in [0.1, 0.15) is 64.7 Å². The first-order chi connectivity index (χ1) is 10.2. The molecule has 0 radical (unpaired) electrons. The third kappa shape index (κ3) is 7.18. The summed E-state index contributed by atoms with van der Waals surface area (Å²) in [5.41, 5.74) is 0. The molecule has 0 aromatic carbocycles. The molecule has 0 unspecified atom stereocenters. The van der Waals surface area contributed by atoms with E-state index in [0.29, 0.717) is 43.3 Å². The van der Waals surface area contributed by atoms with Crippen LogP contribution in [-0.2, 0) is 14.3 Å². The Morgan fingerprint density at radius 3 is 2.43 bits per heavy atom. The van der Waals surface area contributed by atoms with E-state index in [1.807, 2.05) is 14.0 Å². The summed E-state index contributed by atoms with van der Waals surface area (Å²) < 4.78 is 5.49. The highest BCUT2D eigenvalue weighted by atomic mass is 16.5. The highest BCUT2D eigenvalue weighted by Crippen LogP contribution is 2.28. The molecule has 0 saturated heterocycles. The van der Waals surface area contributed by atoms with Crippen LogP contribution in [0.5, 0.6) is 0 Å². The molecule has 0 spiro atoms. The van der Waals surface area contributed by atoms with E-state index in [1.54, 1.807) is 0 Å². The van der Waals surface area contributed by atoms with Crippen LogP contribution in [-0.4, -0.2) is 37.9 Å². The average Bonchev–Trinajstić information content (AvgIpc) is 2.48. The molecule has 2 aliphatic rings. The van der Waals surface area contributed by atoms with Crippen LogP contribution in [0.2, 0.25) is 0 Å². The minimum atomic E-state index is 0.377. The average molecular weight is 297 g/mol. The maximum Gasteiger partial charge on any atom is 0.135 e. The second kappa shape index (κ2) is 10.9. The molecule has 0 heterocycles. The van der Waals surface area contributed by atoms with E-state index in [0.717, 1.165) is 19.1 Å². The Kier molecular flexibility index (Phi) is 9.51. The second-order valence-corrected chi connectivity index (χ2v) is 6.06. The predicted octanol–water partition coefficient (Wildman–Crippen LogP) is 2.89. The molecule has 122 valence electrons. The molecule has 1 N–H and O–H groups in total. The Bertz CT molecular complexity index is 294.